The zero-order valence-electron chi connectivity index (χ0n) is 15.7. The second-order valence-electron chi connectivity index (χ2n) is 7.26. The van der Waals surface area contributed by atoms with Crippen molar-refractivity contribution in [1.29, 1.82) is 0 Å². The summed E-state index contributed by atoms with van der Waals surface area (Å²) in [4.78, 5) is 22.4. The normalized spacial score (nSPS) is 17.4. The number of aromatic carboxylic acids is 1. The zero-order chi connectivity index (χ0) is 19.3. The molecule has 1 N–H and O–H groups in total. The van der Waals surface area contributed by atoms with Gasteiger partial charge in [0.05, 0.1) is 5.56 Å². The average molecular weight is 373 g/mol. The first-order chi connectivity index (χ1) is 13.7. The molecule has 2 heterocycles. The highest BCUT2D eigenvalue weighted by Gasteiger charge is 2.22. The zero-order valence-corrected chi connectivity index (χ0v) is 15.7. The molecule has 1 aromatic heterocycles. The van der Waals surface area contributed by atoms with E-state index in [0.717, 1.165) is 36.5 Å². The summed E-state index contributed by atoms with van der Waals surface area (Å²) in [6.45, 7) is 2.98. The Morgan fingerprint density at radius 2 is 1.93 bits per heavy atom. The van der Waals surface area contributed by atoms with E-state index in [4.69, 9.17) is 0 Å². The van der Waals surface area contributed by atoms with Gasteiger partial charge in [-0.3, -0.25) is 4.90 Å². The van der Waals surface area contributed by atoms with Crippen LogP contribution >= 0.6 is 0 Å². The number of likely N-dealkylation sites (tertiary alicyclic amines) is 1. The van der Waals surface area contributed by atoms with E-state index >= 15 is 0 Å². The SMILES string of the molecule is O=C(O)c1ccccc1-c1ccc(CN2CCCC(c3ccncn3)C2)cc1. The van der Waals surface area contributed by atoms with Crippen LogP contribution in [0.15, 0.2) is 67.1 Å². The fraction of sp³-hybridized carbons (Fsp3) is 0.261. The van der Waals surface area contributed by atoms with Gasteiger partial charge in [0.25, 0.3) is 0 Å². The van der Waals surface area contributed by atoms with Crippen molar-refractivity contribution in [2.24, 2.45) is 0 Å². The lowest BCUT2D eigenvalue weighted by atomic mass is 9.94. The molecule has 0 bridgehead atoms. The van der Waals surface area contributed by atoms with Gasteiger partial charge in [0.2, 0.25) is 0 Å². The standard InChI is InChI=1S/C23H23N3O2/c27-23(28)21-6-2-1-5-20(21)18-9-7-17(8-10-18)14-26-13-3-4-19(15-26)22-11-12-24-16-25-22/h1-2,5-12,16,19H,3-4,13-15H2,(H,27,28). The van der Waals surface area contributed by atoms with Gasteiger partial charge in [0, 0.05) is 30.9 Å². The summed E-state index contributed by atoms with van der Waals surface area (Å²) in [5.41, 5.74) is 4.38. The Morgan fingerprint density at radius 1 is 1.11 bits per heavy atom. The molecule has 142 valence electrons. The van der Waals surface area contributed by atoms with Crippen LogP contribution in [0.25, 0.3) is 11.1 Å². The lowest BCUT2D eigenvalue weighted by Crippen LogP contribution is -2.34. The second-order valence-corrected chi connectivity index (χ2v) is 7.26. The number of rotatable bonds is 5. The molecule has 2 aromatic carbocycles. The molecule has 1 aliphatic heterocycles. The second kappa shape index (κ2) is 8.31. The average Bonchev–Trinajstić information content (AvgIpc) is 2.75. The Morgan fingerprint density at radius 3 is 2.68 bits per heavy atom. The van der Waals surface area contributed by atoms with Crippen molar-refractivity contribution < 1.29 is 9.90 Å². The summed E-state index contributed by atoms with van der Waals surface area (Å²) in [5, 5.41) is 9.40. The third kappa shape index (κ3) is 4.10. The number of aromatic nitrogens is 2. The first kappa shape index (κ1) is 18.3. The molecule has 5 heteroatoms. The number of hydrogen-bond acceptors (Lipinski definition) is 4. The van der Waals surface area contributed by atoms with Gasteiger partial charge in [-0.2, -0.15) is 0 Å². The van der Waals surface area contributed by atoms with Crippen LogP contribution in [0.5, 0.6) is 0 Å². The summed E-state index contributed by atoms with van der Waals surface area (Å²) in [7, 11) is 0. The van der Waals surface area contributed by atoms with Crippen molar-refractivity contribution in [3.8, 4) is 11.1 Å². The van der Waals surface area contributed by atoms with Crippen LogP contribution in [0.2, 0.25) is 0 Å². The summed E-state index contributed by atoms with van der Waals surface area (Å²) in [5.74, 6) is -0.442. The van der Waals surface area contributed by atoms with Gasteiger partial charge in [0.1, 0.15) is 6.33 Å². The minimum Gasteiger partial charge on any atom is -0.478 e. The molecule has 1 fully saturated rings. The predicted octanol–water partition coefficient (Wildman–Crippen LogP) is 4.22. The molecule has 5 nitrogen and oxygen atoms in total. The van der Waals surface area contributed by atoms with E-state index in [1.807, 2.05) is 36.5 Å². The van der Waals surface area contributed by atoms with E-state index in [2.05, 4.69) is 27.0 Å². The lowest BCUT2D eigenvalue weighted by Gasteiger charge is -2.32. The lowest BCUT2D eigenvalue weighted by molar-refractivity contribution is 0.0697. The highest BCUT2D eigenvalue weighted by molar-refractivity contribution is 5.95. The number of carbonyl (C=O) groups is 1. The molecular formula is C23H23N3O2. The molecular weight excluding hydrogens is 350 g/mol. The number of nitrogens with zero attached hydrogens (tertiary/aromatic N) is 3. The molecule has 1 aliphatic rings. The van der Waals surface area contributed by atoms with Crippen LogP contribution in [0.1, 0.15) is 40.4 Å². The van der Waals surface area contributed by atoms with Gasteiger partial charge >= 0.3 is 5.97 Å². The molecule has 28 heavy (non-hydrogen) atoms. The van der Waals surface area contributed by atoms with Gasteiger partial charge in [0.15, 0.2) is 0 Å². The third-order valence-electron chi connectivity index (χ3n) is 5.36. The number of benzene rings is 2. The van der Waals surface area contributed by atoms with Crippen LogP contribution in [0, 0.1) is 0 Å². The maximum Gasteiger partial charge on any atom is 0.336 e. The van der Waals surface area contributed by atoms with E-state index in [0.29, 0.717) is 11.5 Å². The number of hydrogen-bond donors (Lipinski definition) is 1. The Balaban J connectivity index is 1.46. The summed E-state index contributed by atoms with van der Waals surface area (Å²) in [6, 6.07) is 17.4. The summed E-state index contributed by atoms with van der Waals surface area (Å²) < 4.78 is 0. The fourth-order valence-electron chi connectivity index (χ4n) is 3.95. The maximum absolute atomic E-state index is 11.5. The van der Waals surface area contributed by atoms with E-state index in [1.165, 1.54) is 18.4 Å². The predicted molar refractivity (Wildman–Crippen MR) is 108 cm³/mol. The monoisotopic (exact) mass is 373 g/mol. The molecule has 0 radical (unpaired) electrons. The summed E-state index contributed by atoms with van der Waals surface area (Å²) >= 11 is 0. The Hall–Kier alpha value is -3.05. The number of carboxylic acid groups (broad SMARTS) is 1. The van der Waals surface area contributed by atoms with Gasteiger partial charge in [-0.15, -0.1) is 0 Å². The quantitative estimate of drug-likeness (QED) is 0.725. The van der Waals surface area contributed by atoms with Crippen molar-refractivity contribution in [2.75, 3.05) is 13.1 Å². The van der Waals surface area contributed by atoms with Crippen LogP contribution < -0.4 is 0 Å². The van der Waals surface area contributed by atoms with Crippen molar-refractivity contribution in [3.63, 3.8) is 0 Å². The van der Waals surface area contributed by atoms with Crippen molar-refractivity contribution in [2.45, 2.75) is 25.3 Å². The first-order valence-corrected chi connectivity index (χ1v) is 9.60. The van der Waals surface area contributed by atoms with E-state index < -0.39 is 5.97 Å². The van der Waals surface area contributed by atoms with Gasteiger partial charge in [-0.05, 0) is 48.2 Å². The van der Waals surface area contributed by atoms with Gasteiger partial charge in [-0.25, -0.2) is 14.8 Å². The molecule has 0 saturated carbocycles. The van der Waals surface area contributed by atoms with Crippen molar-refractivity contribution in [1.82, 2.24) is 14.9 Å². The van der Waals surface area contributed by atoms with E-state index in [-0.39, 0.29) is 0 Å². The van der Waals surface area contributed by atoms with Crippen molar-refractivity contribution >= 4 is 5.97 Å². The molecule has 1 saturated heterocycles. The summed E-state index contributed by atoms with van der Waals surface area (Å²) in [6.07, 6.45) is 5.77. The molecule has 4 rings (SSSR count). The van der Waals surface area contributed by atoms with Crippen LogP contribution in [-0.4, -0.2) is 39.0 Å². The van der Waals surface area contributed by atoms with Crippen LogP contribution in [0.4, 0.5) is 0 Å². The molecule has 1 atom stereocenters. The number of carboxylic acids is 1. The van der Waals surface area contributed by atoms with Gasteiger partial charge in [-0.1, -0.05) is 42.5 Å². The highest BCUT2D eigenvalue weighted by atomic mass is 16.4. The molecule has 0 aliphatic carbocycles. The van der Waals surface area contributed by atoms with E-state index in [1.54, 1.807) is 18.5 Å². The molecule has 1 unspecified atom stereocenters. The molecule has 0 amide bonds. The van der Waals surface area contributed by atoms with Crippen molar-refractivity contribution in [3.05, 3.63) is 83.9 Å². The highest BCUT2D eigenvalue weighted by Crippen LogP contribution is 2.27. The fourth-order valence-corrected chi connectivity index (χ4v) is 3.95. The molecule has 0 spiro atoms. The number of piperidine rings is 1. The van der Waals surface area contributed by atoms with Crippen LogP contribution in [-0.2, 0) is 6.54 Å². The molecule has 3 aromatic rings. The largest absolute Gasteiger partial charge is 0.478 e. The maximum atomic E-state index is 11.5. The Bertz CT molecular complexity index is 942. The smallest absolute Gasteiger partial charge is 0.336 e. The first-order valence-electron chi connectivity index (χ1n) is 9.60. The Kier molecular flexibility index (Phi) is 5.44. The Labute approximate surface area is 164 Å². The van der Waals surface area contributed by atoms with Crippen LogP contribution in [0.3, 0.4) is 0 Å². The van der Waals surface area contributed by atoms with E-state index in [9.17, 15) is 9.90 Å². The van der Waals surface area contributed by atoms with Gasteiger partial charge < -0.3 is 5.11 Å². The minimum absolute atomic E-state index is 0.332. The topological polar surface area (TPSA) is 66.3 Å². The third-order valence-corrected chi connectivity index (χ3v) is 5.36. The minimum atomic E-state index is -0.899.